The molecule has 20 heavy (non-hydrogen) atoms. The van der Waals surface area contributed by atoms with Crippen LogP contribution in [-0.2, 0) is 10.0 Å². The number of rotatable bonds is 3. The molecule has 1 aliphatic heterocycles. The minimum absolute atomic E-state index is 0.0601. The summed E-state index contributed by atoms with van der Waals surface area (Å²) in [4.78, 5) is -0.0601. The summed E-state index contributed by atoms with van der Waals surface area (Å²) in [6.07, 6.45) is 2.69. The molecule has 2 N–H and O–H groups in total. The van der Waals surface area contributed by atoms with E-state index in [1.165, 1.54) is 10.4 Å². The summed E-state index contributed by atoms with van der Waals surface area (Å²) >= 11 is 0. The quantitative estimate of drug-likeness (QED) is 0.873. The van der Waals surface area contributed by atoms with Crippen LogP contribution < -0.4 is 5.73 Å². The lowest BCUT2D eigenvalue weighted by Crippen LogP contribution is -2.41. The molecule has 112 valence electrons. The molecular weight excluding hydrogens is 279 g/mol. The smallest absolute Gasteiger partial charge is 0.243 e. The van der Waals surface area contributed by atoms with Crippen molar-refractivity contribution in [3.8, 4) is 0 Å². The van der Waals surface area contributed by atoms with Gasteiger partial charge in [-0.1, -0.05) is 20.3 Å². The van der Waals surface area contributed by atoms with Crippen LogP contribution in [0.1, 0.15) is 33.1 Å². The highest BCUT2D eigenvalue weighted by atomic mass is 32.2. The maximum Gasteiger partial charge on any atom is 0.243 e. The van der Waals surface area contributed by atoms with Crippen molar-refractivity contribution in [1.29, 1.82) is 0 Å². The Morgan fingerprint density at radius 1 is 1.30 bits per heavy atom. The van der Waals surface area contributed by atoms with Crippen LogP contribution in [0.3, 0.4) is 0 Å². The standard InChI is InChI=1S/C14H21FN2O2S/c1-3-14(2)4-6-17(7-5-14)20(18,19)13-9-11(15)8-12(16)10-13/h8-10H,3-7,16H2,1-2H3. The minimum atomic E-state index is -3.65. The van der Waals surface area contributed by atoms with E-state index in [9.17, 15) is 12.8 Å². The van der Waals surface area contributed by atoms with Gasteiger partial charge >= 0.3 is 0 Å². The molecule has 0 unspecified atom stereocenters. The molecule has 0 atom stereocenters. The van der Waals surface area contributed by atoms with Gasteiger partial charge in [-0.2, -0.15) is 4.31 Å². The third-order valence-electron chi connectivity index (χ3n) is 4.31. The highest BCUT2D eigenvalue weighted by Crippen LogP contribution is 2.36. The van der Waals surface area contributed by atoms with Crippen molar-refractivity contribution < 1.29 is 12.8 Å². The van der Waals surface area contributed by atoms with Crippen LogP contribution in [0.5, 0.6) is 0 Å². The van der Waals surface area contributed by atoms with Crippen LogP contribution >= 0.6 is 0 Å². The number of piperidine rings is 1. The molecule has 1 fully saturated rings. The fourth-order valence-electron chi connectivity index (χ4n) is 2.50. The van der Waals surface area contributed by atoms with Crippen LogP contribution in [0, 0.1) is 11.2 Å². The number of nitrogens with zero attached hydrogens (tertiary/aromatic N) is 1. The Bertz CT molecular complexity index is 573. The normalized spacial score (nSPS) is 19.9. The van der Waals surface area contributed by atoms with Crippen molar-refractivity contribution in [1.82, 2.24) is 4.31 Å². The lowest BCUT2D eigenvalue weighted by Gasteiger charge is -2.38. The van der Waals surface area contributed by atoms with Gasteiger partial charge < -0.3 is 5.73 Å². The van der Waals surface area contributed by atoms with Gasteiger partial charge in [-0.15, -0.1) is 0 Å². The summed E-state index contributed by atoms with van der Waals surface area (Å²) in [6.45, 7) is 5.25. The lowest BCUT2D eigenvalue weighted by atomic mass is 9.79. The zero-order valence-corrected chi connectivity index (χ0v) is 12.7. The first kappa shape index (κ1) is 15.3. The number of hydrogen-bond acceptors (Lipinski definition) is 3. The average Bonchev–Trinajstić information content (AvgIpc) is 2.38. The highest BCUT2D eigenvalue weighted by Gasteiger charge is 2.34. The molecule has 1 saturated heterocycles. The minimum Gasteiger partial charge on any atom is -0.399 e. The molecular formula is C14H21FN2O2S. The second-order valence-electron chi connectivity index (χ2n) is 5.79. The Balaban J connectivity index is 2.24. The van der Waals surface area contributed by atoms with Crippen molar-refractivity contribution in [2.75, 3.05) is 18.8 Å². The summed E-state index contributed by atoms with van der Waals surface area (Å²) < 4.78 is 39.8. The van der Waals surface area contributed by atoms with E-state index in [4.69, 9.17) is 5.73 Å². The van der Waals surface area contributed by atoms with Crippen LogP contribution in [0.4, 0.5) is 10.1 Å². The fourth-order valence-corrected chi connectivity index (χ4v) is 4.01. The van der Waals surface area contributed by atoms with Crippen LogP contribution in [-0.4, -0.2) is 25.8 Å². The van der Waals surface area contributed by atoms with Gasteiger partial charge in [0.2, 0.25) is 10.0 Å². The van der Waals surface area contributed by atoms with E-state index >= 15 is 0 Å². The van der Waals surface area contributed by atoms with Crippen LogP contribution in [0.25, 0.3) is 0 Å². The Morgan fingerprint density at radius 3 is 2.40 bits per heavy atom. The third-order valence-corrected chi connectivity index (χ3v) is 6.19. The van der Waals surface area contributed by atoms with E-state index in [1.807, 2.05) is 0 Å². The second-order valence-corrected chi connectivity index (χ2v) is 7.73. The number of anilines is 1. The van der Waals surface area contributed by atoms with Gasteiger partial charge in [-0.3, -0.25) is 0 Å². The molecule has 1 heterocycles. The molecule has 0 aliphatic carbocycles. The van der Waals surface area contributed by atoms with Gasteiger partial charge in [0.15, 0.2) is 0 Å². The summed E-state index contributed by atoms with van der Waals surface area (Å²) in [5, 5.41) is 0. The van der Waals surface area contributed by atoms with Gasteiger partial charge in [-0.05, 0) is 36.5 Å². The topological polar surface area (TPSA) is 63.4 Å². The molecule has 0 bridgehead atoms. The molecule has 1 aromatic rings. The molecule has 6 heteroatoms. The first-order valence-electron chi connectivity index (χ1n) is 6.83. The largest absolute Gasteiger partial charge is 0.399 e. The second kappa shape index (κ2) is 5.33. The highest BCUT2D eigenvalue weighted by molar-refractivity contribution is 7.89. The molecule has 0 spiro atoms. The maximum absolute atomic E-state index is 13.3. The number of benzene rings is 1. The number of nitrogen functional groups attached to an aromatic ring is 1. The zero-order valence-electron chi connectivity index (χ0n) is 11.9. The van der Waals surface area contributed by atoms with Gasteiger partial charge in [0, 0.05) is 18.8 Å². The Kier molecular flexibility index (Phi) is 4.07. The Morgan fingerprint density at radius 2 is 1.90 bits per heavy atom. The molecule has 1 aliphatic rings. The number of halogens is 1. The molecule has 0 saturated carbocycles. The molecule has 0 radical (unpaired) electrons. The van der Waals surface area contributed by atoms with Crippen LogP contribution in [0.2, 0.25) is 0 Å². The van der Waals surface area contributed by atoms with Gasteiger partial charge in [0.05, 0.1) is 4.90 Å². The summed E-state index contributed by atoms with van der Waals surface area (Å²) in [5.41, 5.74) is 5.85. The zero-order chi connectivity index (χ0) is 15.0. The molecule has 0 aromatic heterocycles. The van der Waals surface area contributed by atoms with Crippen molar-refractivity contribution in [3.63, 3.8) is 0 Å². The van der Waals surface area contributed by atoms with Crippen molar-refractivity contribution in [3.05, 3.63) is 24.0 Å². The van der Waals surface area contributed by atoms with E-state index < -0.39 is 15.8 Å². The van der Waals surface area contributed by atoms with Gasteiger partial charge in [0.25, 0.3) is 0 Å². The number of sulfonamides is 1. The predicted molar refractivity (Wildman–Crippen MR) is 77.2 cm³/mol. The third kappa shape index (κ3) is 2.96. The fraction of sp³-hybridized carbons (Fsp3) is 0.571. The predicted octanol–water partition coefficient (Wildman–Crippen LogP) is 2.61. The van der Waals surface area contributed by atoms with E-state index in [-0.39, 0.29) is 16.0 Å². The number of nitrogens with two attached hydrogens (primary N) is 1. The Hall–Kier alpha value is -1.14. The number of hydrogen-bond donors (Lipinski definition) is 1. The maximum atomic E-state index is 13.3. The monoisotopic (exact) mass is 300 g/mol. The SMILES string of the molecule is CCC1(C)CCN(S(=O)(=O)c2cc(N)cc(F)c2)CC1. The van der Waals surface area contributed by atoms with Crippen molar-refractivity contribution in [2.45, 2.75) is 38.0 Å². The first-order valence-corrected chi connectivity index (χ1v) is 8.27. The van der Waals surface area contributed by atoms with Crippen LogP contribution in [0.15, 0.2) is 23.1 Å². The van der Waals surface area contributed by atoms with Crippen molar-refractivity contribution >= 4 is 15.7 Å². The van der Waals surface area contributed by atoms with E-state index in [0.29, 0.717) is 13.1 Å². The van der Waals surface area contributed by atoms with Gasteiger partial charge in [0.1, 0.15) is 5.82 Å². The molecule has 0 amide bonds. The Labute approximate surface area is 119 Å². The summed E-state index contributed by atoms with van der Waals surface area (Å²) in [5.74, 6) is -0.626. The molecule has 2 rings (SSSR count). The van der Waals surface area contributed by atoms with E-state index in [2.05, 4.69) is 13.8 Å². The van der Waals surface area contributed by atoms with E-state index in [0.717, 1.165) is 31.4 Å². The summed E-state index contributed by atoms with van der Waals surface area (Å²) in [6, 6.07) is 3.45. The van der Waals surface area contributed by atoms with E-state index in [1.54, 1.807) is 0 Å². The lowest BCUT2D eigenvalue weighted by molar-refractivity contribution is 0.169. The average molecular weight is 300 g/mol. The van der Waals surface area contributed by atoms with Gasteiger partial charge in [-0.25, -0.2) is 12.8 Å². The first-order chi connectivity index (χ1) is 9.27. The van der Waals surface area contributed by atoms with Crippen molar-refractivity contribution in [2.24, 2.45) is 5.41 Å². The molecule has 4 nitrogen and oxygen atoms in total. The summed E-state index contributed by atoms with van der Waals surface area (Å²) in [7, 11) is -3.65. The molecule has 1 aromatic carbocycles.